The van der Waals surface area contributed by atoms with E-state index < -0.39 is 5.60 Å². The van der Waals surface area contributed by atoms with Crippen molar-refractivity contribution < 1.29 is 9.90 Å². The van der Waals surface area contributed by atoms with Gasteiger partial charge in [0.1, 0.15) is 0 Å². The highest BCUT2D eigenvalue weighted by Gasteiger charge is 2.33. The zero-order chi connectivity index (χ0) is 14.6. The van der Waals surface area contributed by atoms with Gasteiger partial charge in [0.05, 0.1) is 5.60 Å². The lowest BCUT2D eigenvalue weighted by atomic mass is 10.0. The molecule has 1 aliphatic carbocycles. The highest BCUT2D eigenvalue weighted by atomic mass is 16.3. The number of nitrogens with zero attached hydrogens (tertiary/aromatic N) is 1. The summed E-state index contributed by atoms with van der Waals surface area (Å²) in [6.45, 7) is 2.53. The normalized spacial score (nSPS) is 17.1. The number of hydrogen-bond donors (Lipinski definition) is 1. The molecule has 1 N–H and O–H groups in total. The SMILES string of the molecule is Cc1cccc(CCC(=O)N(C)CC2(O)CCCC2)c1. The van der Waals surface area contributed by atoms with Crippen LogP contribution >= 0.6 is 0 Å². The number of rotatable bonds is 5. The summed E-state index contributed by atoms with van der Waals surface area (Å²) in [4.78, 5) is 13.8. The average Bonchev–Trinajstić information content (AvgIpc) is 2.82. The fourth-order valence-electron chi connectivity index (χ4n) is 3.03. The standard InChI is InChI=1S/C17H25NO2/c1-14-6-5-7-15(12-14)8-9-16(19)18(2)13-17(20)10-3-4-11-17/h5-7,12,20H,3-4,8-11,13H2,1-2H3. The van der Waals surface area contributed by atoms with Gasteiger partial charge in [-0.05, 0) is 31.7 Å². The molecule has 0 unspecified atom stereocenters. The van der Waals surface area contributed by atoms with Crippen molar-refractivity contribution in [3.05, 3.63) is 35.4 Å². The van der Waals surface area contributed by atoms with Crippen LogP contribution in [0.1, 0.15) is 43.2 Å². The summed E-state index contributed by atoms with van der Waals surface area (Å²) < 4.78 is 0. The topological polar surface area (TPSA) is 40.5 Å². The molecule has 0 atom stereocenters. The Labute approximate surface area is 121 Å². The number of aryl methyl sites for hydroxylation is 2. The molecule has 1 aromatic rings. The van der Waals surface area contributed by atoms with Crippen LogP contribution in [-0.2, 0) is 11.2 Å². The Bertz CT molecular complexity index is 464. The van der Waals surface area contributed by atoms with E-state index in [9.17, 15) is 9.90 Å². The van der Waals surface area contributed by atoms with Gasteiger partial charge in [-0.3, -0.25) is 4.79 Å². The van der Waals surface area contributed by atoms with E-state index in [2.05, 4.69) is 25.1 Å². The van der Waals surface area contributed by atoms with E-state index in [-0.39, 0.29) is 5.91 Å². The van der Waals surface area contributed by atoms with Crippen molar-refractivity contribution in [3.8, 4) is 0 Å². The lowest BCUT2D eigenvalue weighted by Gasteiger charge is -2.28. The number of carbonyl (C=O) groups excluding carboxylic acids is 1. The van der Waals surface area contributed by atoms with Crippen molar-refractivity contribution in [2.45, 2.75) is 51.0 Å². The number of likely N-dealkylation sites (N-methyl/N-ethyl adjacent to an activating group) is 1. The molecule has 0 spiro atoms. The quantitative estimate of drug-likeness (QED) is 0.897. The van der Waals surface area contributed by atoms with Gasteiger partial charge in [-0.2, -0.15) is 0 Å². The Morgan fingerprint density at radius 1 is 1.35 bits per heavy atom. The summed E-state index contributed by atoms with van der Waals surface area (Å²) in [6.07, 6.45) is 5.06. The minimum Gasteiger partial charge on any atom is -0.388 e. The largest absolute Gasteiger partial charge is 0.388 e. The first-order valence-corrected chi connectivity index (χ1v) is 7.50. The van der Waals surface area contributed by atoms with Crippen LogP contribution in [-0.4, -0.2) is 35.1 Å². The third-order valence-corrected chi connectivity index (χ3v) is 4.20. The first-order valence-electron chi connectivity index (χ1n) is 7.50. The maximum Gasteiger partial charge on any atom is 0.222 e. The number of benzene rings is 1. The van der Waals surface area contributed by atoms with Crippen LogP contribution in [0.4, 0.5) is 0 Å². The maximum absolute atomic E-state index is 12.1. The molecule has 0 aliphatic heterocycles. The van der Waals surface area contributed by atoms with E-state index in [1.807, 2.05) is 6.07 Å². The van der Waals surface area contributed by atoms with Crippen LogP contribution in [0, 0.1) is 6.92 Å². The molecule has 0 bridgehead atoms. The zero-order valence-electron chi connectivity index (χ0n) is 12.6. The van der Waals surface area contributed by atoms with E-state index >= 15 is 0 Å². The lowest BCUT2D eigenvalue weighted by molar-refractivity contribution is -0.133. The summed E-state index contributed by atoms with van der Waals surface area (Å²) in [5.41, 5.74) is 1.78. The van der Waals surface area contributed by atoms with Crippen molar-refractivity contribution >= 4 is 5.91 Å². The molecular weight excluding hydrogens is 250 g/mol. The number of carbonyl (C=O) groups is 1. The van der Waals surface area contributed by atoms with Crippen LogP contribution in [0.2, 0.25) is 0 Å². The molecule has 0 saturated heterocycles. The Kier molecular flexibility index (Phi) is 4.81. The Morgan fingerprint density at radius 3 is 2.70 bits per heavy atom. The molecule has 1 fully saturated rings. The van der Waals surface area contributed by atoms with Gasteiger partial charge in [-0.25, -0.2) is 0 Å². The Balaban J connectivity index is 1.82. The van der Waals surface area contributed by atoms with Crippen LogP contribution in [0.15, 0.2) is 24.3 Å². The molecule has 2 rings (SSSR count). The molecule has 0 heterocycles. The second kappa shape index (κ2) is 6.40. The zero-order valence-corrected chi connectivity index (χ0v) is 12.6. The second-order valence-corrected chi connectivity index (χ2v) is 6.17. The van der Waals surface area contributed by atoms with Gasteiger partial charge >= 0.3 is 0 Å². The van der Waals surface area contributed by atoms with Gasteiger partial charge in [0.2, 0.25) is 5.91 Å². The summed E-state index contributed by atoms with van der Waals surface area (Å²) in [6, 6.07) is 8.27. The molecule has 1 amide bonds. The number of amides is 1. The van der Waals surface area contributed by atoms with E-state index in [0.29, 0.717) is 13.0 Å². The van der Waals surface area contributed by atoms with E-state index in [1.165, 1.54) is 11.1 Å². The fourth-order valence-corrected chi connectivity index (χ4v) is 3.03. The highest BCUT2D eigenvalue weighted by Crippen LogP contribution is 2.30. The second-order valence-electron chi connectivity index (χ2n) is 6.17. The molecule has 0 radical (unpaired) electrons. The predicted octanol–water partition coefficient (Wildman–Crippen LogP) is 2.69. The summed E-state index contributed by atoms with van der Waals surface area (Å²) in [5, 5.41) is 10.3. The van der Waals surface area contributed by atoms with E-state index in [1.54, 1.807) is 11.9 Å². The molecule has 110 valence electrons. The van der Waals surface area contributed by atoms with Crippen molar-refractivity contribution in [2.24, 2.45) is 0 Å². The van der Waals surface area contributed by atoms with Crippen molar-refractivity contribution in [2.75, 3.05) is 13.6 Å². The average molecular weight is 275 g/mol. The van der Waals surface area contributed by atoms with Gasteiger partial charge < -0.3 is 10.0 Å². The Hall–Kier alpha value is -1.35. The van der Waals surface area contributed by atoms with E-state index in [0.717, 1.165) is 32.1 Å². The van der Waals surface area contributed by atoms with Gasteiger partial charge in [-0.1, -0.05) is 42.7 Å². The maximum atomic E-state index is 12.1. The first kappa shape index (κ1) is 15.0. The molecule has 20 heavy (non-hydrogen) atoms. The lowest BCUT2D eigenvalue weighted by Crippen LogP contribution is -2.42. The molecule has 3 nitrogen and oxygen atoms in total. The number of hydrogen-bond acceptors (Lipinski definition) is 2. The monoisotopic (exact) mass is 275 g/mol. The Morgan fingerprint density at radius 2 is 2.05 bits per heavy atom. The van der Waals surface area contributed by atoms with Gasteiger partial charge in [0.25, 0.3) is 0 Å². The highest BCUT2D eigenvalue weighted by molar-refractivity contribution is 5.76. The van der Waals surface area contributed by atoms with Gasteiger partial charge in [0.15, 0.2) is 0 Å². The number of aliphatic hydroxyl groups is 1. The third kappa shape index (κ3) is 4.07. The fraction of sp³-hybridized carbons (Fsp3) is 0.588. The molecule has 1 aliphatic rings. The molecule has 1 saturated carbocycles. The molecular formula is C17H25NO2. The van der Waals surface area contributed by atoms with Crippen LogP contribution in [0.25, 0.3) is 0 Å². The predicted molar refractivity (Wildman–Crippen MR) is 80.6 cm³/mol. The smallest absolute Gasteiger partial charge is 0.222 e. The van der Waals surface area contributed by atoms with Crippen LogP contribution in [0.3, 0.4) is 0 Å². The molecule has 3 heteroatoms. The van der Waals surface area contributed by atoms with Crippen LogP contribution < -0.4 is 0 Å². The first-order chi connectivity index (χ1) is 9.48. The minimum absolute atomic E-state index is 0.117. The van der Waals surface area contributed by atoms with Crippen molar-refractivity contribution in [1.29, 1.82) is 0 Å². The third-order valence-electron chi connectivity index (χ3n) is 4.20. The summed E-state index contributed by atoms with van der Waals surface area (Å²) in [5.74, 6) is 0.117. The summed E-state index contributed by atoms with van der Waals surface area (Å²) >= 11 is 0. The van der Waals surface area contributed by atoms with Crippen molar-refractivity contribution in [1.82, 2.24) is 4.90 Å². The molecule has 0 aromatic heterocycles. The van der Waals surface area contributed by atoms with E-state index in [4.69, 9.17) is 0 Å². The van der Waals surface area contributed by atoms with Crippen molar-refractivity contribution in [3.63, 3.8) is 0 Å². The van der Waals surface area contributed by atoms with Gasteiger partial charge in [-0.15, -0.1) is 0 Å². The van der Waals surface area contributed by atoms with Crippen LogP contribution in [0.5, 0.6) is 0 Å². The molecule has 1 aromatic carbocycles. The summed E-state index contributed by atoms with van der Waals surface area (Å²) in [7, 11) is 1.80. The van der Waals surface area contributed by atoms with Gasteiger partial charge in [0, 0.05) is 20.0 Å². The minimum atomic E-state index is -0.645.